The highest BCUT2D eigenvalue weighted by atomic mass is 16.5. The number of hydrogen-bond acceptors (Lipinski definition) is 1. The van der Waals surface area contributed by atoms with E-state index in [2.05, 4.69) is 71.7 Å². The van der Waals surface area contributed by atoms with Gasteiger partial charge in [0.2, 0.25) is 0 Å². The molecule has 4 aromatic rings. The zero-order valence-corrected chi connectivity index (χ0v) is 14.1. The molecule has 1 aromatic heterocycles. The number of methoxy groups -OCH3 is 1. The van der Waals surface area contributed by atoms with E-state index in [1.165, 1.54) is 16.7 Å². The van der Waals surface area contributed by atoms with Gasteiger partial charge in [-0.2, -0.15) is 0 Å². The van der Waals surface area contributed by atoms with Gasteiger partial charge in [-0.1, -0.05) is 60.7 Å². The molecule has 1 heterocycles. The molecule has 122 valence electrons. The summed E-state index contributed by atoms with van der Waals surface area (Å²) in [7, 11) is 1.69. The zero-order valence-electron chi connectivity index (χ0n) is 14.1. The topological polar surface area (TPSA) is 25.0 Å². The molecule has 0 aliphatic carbocycles. The molecule has 2 nitrogen and oxygen atoms in total. The van der Waals surface area contributed by atoms with Crippen LogP contribution in [0.1, 0.15) is 0 Å². The third-order valence-electron chi connectivity index (χ3n) is 4.37. The highest BCUT2D eigenvalue weighted by molar-refractivity contribution is 5.85. The second kappa shape index (κ2) is 6.70. The summed E-state index contributed by atoms with van der Waals surface area (Å²) < 4.78 is 5.26. The minimum atomic E-state index is 0.863. The third kappa shape index (κ3) is 3.07. The molecular formula is C23H19NO. The van der Waals surface area contributed by atoms with Gasteiger partial charge in [-0.05, 0) is 47.0 Å². The fraction of sp³-hybridized carbons (Fsp3) is 0.0435. The van der Waals surface area contributed by atoms with Crippen LogP contribution in [0.4, 0.5) is 0 Å². The van der Waals surface area contributed by atoms with Gasteiger partial charge in [0.25, 0.3) is 0 Å². The van der Waals surface area contributed by atoms with Gasteiger partial charge in [-0.15, -0.1) is 0 Å². The van der Waals surface area contributed by atoms with E-state index in [1.54, 1.807) is 7.11 Å². The Morgan fingerprint density at radius 3 is 1.84 bits per heavy atom. The highest BCUT2D eigenvalue weighted by Gasteiger charge is 2.13. The first-order valence-electron chi connectivity index (χ1n) is 8.33. The van der Waals surface area contributed by atoms with Crippen LogP contribution in [0.2, 0.25) is 0 Å². The van der Waals surface area contributed by atoms with E-state index in [0.29, 0.717) is 0 Å². The number of benzene rings is 3. The van der Waals surface area contributed by atoms with Crippen molar-refractivity contribution in [2.24, 2.45) is 0 Å². The first-order valence-corrected chi connectivity index (χ1v) is 8.33. The lowest BCUT2D eigenvalue weighted by molar-refractivity contribution is 0.415. The van der Waals surface area contributed by atoms with Crippen molar-refractivity contribution in [2.75, 3.05) is 7.11 Å². The Kier molecular flexibility index (Phi) is 4.09. The van der Waals surface area contributed by atoms with Crippen LogP contribution in [-0.2, 0) is 0 Å². The minimum Gasteiger partial charge on any atom is -0.497 e. The van der Waals surface area contributed by atoms with Crippen molar-refractivity contribution in [3.63, 3.8) is 0 Å². The molecule has 0 amide bonds. The summed E-state index contributed by atoms with van der Waals surface area (Å²) in [4.78, 5) is 3.61. The van der Waals surface area contributed by atoms with E-state index in [4.69, 9.17) is 4.74 Å². The Bertz CT molecular complexity index is 897. The van der Waals surface area contributed by atoms with E-state index in [0.717, 1.165) is 22.7 Å². The van der Waals surface area contributed by atoms with Crippen LogP contribution < -0.4 is 4.74 Å². The smallest absolute Gasteiger partial charge is 0.118 e. The molecule has 0 fully saturated rings. The van der Waals surface area contributed by atoms with Gasteiger partial charge in [-0.3, -0.25) is 0 Å². The fourth-order valence-electron chi connectivity index (χ4n) is 3.06. The first-order chi connectivity index (χ1) is 12.3. The largest absolute Gasteiger partial charge is 0.497 e. The summed E-state index contributed by atoms with van der Waals surface area (Å²) in [5.41, 5.74) is 6.97. The van der Waals surface area contributed by atoms with Crippen LogP contribution in [-0.4, -0.2) is 12.1 Å². The van der Waals surface area contributed by atoms with E-state index in [1.807, 2.05) is 24.3 Å². The molecule has 4 rings (SSSR count). The van der Waals surface area contributed by atoms with E-state index in [-0.39, 0.29) is 0 Å². The summed E-state index contributed by atoms with van der Waals surface area (Å²) in [5, 5.41) is 0. The molecule has 0 aliphatic rings. The quantitative estimate of drug-likeness (QED) is 0.487. The monoisotopic (exact) mass is 325 g/mol. The van der Waals surface area contributed by atoms with Gasteiger partial charge in [0, 0.05) is 11.3 Å². The predicted molar refractivity (Wildman–Crippen MR) is 104 cm³/mol. The van der Waals surface area contributed by atoms with Gasteiger partial charge in [0.1, 0.15) is 5.75 Å². The zero-order chi connectivity index (χ0) is 17.1. The second-order valence-corrected chi connectivity index (χ2v) is 5.93. The summed E-state index contributed by atoms with van der Waals surface area (Å²) >= 11 is 0. The minimum absolute atomic E-state index is 0.863. The number of hydrogen-bond donors (Lipinski definition) is 1. The standard InChI is InChI=1S/C23H19NO/c1-25-20-14-12-18(13-15-20)22-16-21(17-8-4-2-5-9-17)23(24-22)19-10-6-3-7-11-19/h2-16,24H,1H3. The molecule has 0 atom stereocenters. The fourth-order valence-corrected chi connectivity index (χ4v) is 3.06. The molecule has 25 heavy (non-hydrogen) atoms. The maximum Gasteiger partial charge on any atom is 0.118 e. The van der Waals surface area contributed by atoms with E-state index < -0.39 is 0 Å². The molecule has 0 bridgehead atoms. The van der Waals surface area contributed by atoms with Crippen molar-refractivity contribution in [2.45, 2.75) is 0 Å². The average molecular weight is 325 g/mol. The lowest BCUT2D eigenvalue weighted by Gasteiger charge is -2.04. The Labute approximate surface area is 147 Å². The Balaban J connectivity index is 1.86. The molecule has 0 spiro atoms. The number of rotatable bonds is 4. The molecular weight excluding hydrogens is 306 g/mol. The van der Waals surface area contributed by atoms with Gasteiger partial charge in [-0.25, -0.2) is 0 Å². The summed E-state index contributed by atoms with van der Waals surface area (Å²) in [5.74, 6) is 0.863. The van der Waals surface area contributed by atoms with Crippen molar-refractivity contribution in [3.05, 3.63) is 91.0 Å². The third-order valence-corrected chi connectivity index (χ3v) is 4.37. The van der Waals surface area contributed by atoms with Gasteiger partial charge >= 0.3 is 0 Å². The van der Waals surface area contributed by atoms with Crippen molar-refractivity contribution in [1.29, 1.82) is 0 Å². The average Bonchev–Trinajstić information content (AvgIpc) is 3.15. The summed E-state index contributed by atoms with van der Waals surface area (Å²) in [6.45, 7) is 0. The molecule has 0 saturated carbocycles. The summed E-state index contributed by atoms with van der Waals surface area (Å²) in [6, 6.07) is 31.3. The Hall–Kier alpha value is -3.26. The van der Waals surface area contributed by atoms with Gasteiger partial charge in [0.15, 0.2) is 0 Å². The molecule has 3 aromatic carbocycles. The molecule has 0 aliphatic heterocycles. The van der Waals surface area contributed by atoms with Crippen molar-refractivity contribution in [3.8, 4) is 39.4 Å². The first kappa shape index (κ1) is 15.3. The lowest BCUT2D eigenvalue weighted by atomic mass is 10.0. The predicted octanol–water partition coefficient (Wildman–Crippen LogP) is 6.02. The van der Waals surface area contributed by atoms with Gasteiger partial charge in [0.05, 0.1) is 12.8 Å². The van der Waals surface area contributed by atoms with E-state index in [9.17, 15) is 0 Å². The number of nitrogens with one attached hydrogen (secondary N) is 1. The van der Waals surface area contributed by atoms with Gasteiger partial charge < -0.3 is 9.72 Å². The molecule has 0 radical (unpaired) electrons. The SMILES string of the molecule is COc1ccc(-c2cc(-c3ccccc3)c(-c3ccccc3)[nH]2)cc1. The highest BCUT2D eigenvalue weighted by Crippen LogP contribution is 2.36. The number of H-pyrrole nitrogens is 1. The number of ether oxygens (including phenoxy) is 1. The number of aromatic amines is 1. The maximum absolute atomic E-state index is 5.26. The molecule has 1 N–H and O–H groups in total. The van der Waals surface area contributed by atoms with Crippen LogP contribution in [0.25, 0.3) is 33.6 Å². The molecule has 0 saturated heterocycles. The van der Waals surface area contributed by atoms with Crippen LogP contribution >= 0.6 is 0 Å². The van der Waals surface area contributed by atoms with Crippen LogP contribution in [0.3, 0.4) is 0 Å². The summed E-state index contributed by atoms with van der Waals surface area (Å²) in [6.07, 6.45) is 0. The van der Waals surface area contributed by atoms with Crippen LogP contribution in [0, 0.1) is 0 Å². The molecule has 0 unspecified atom stereocenters. The van der Waals surface area contributed by atoms with Crippen molar-refractivity contribution >= 4 is 0 Å². The second-order valence-electron chi connectivity index (χ2n) is 5.93. The van der Waals surface area contributed by atoms with E-state index >= 15 is 0 Å². The normalized spacial score (nSPS) is 10.6. The number of aromatic nitrogens is 1. The Morgan fingerprint density at radius 2 is 1.24 bits per heavy atom. The van der Waals surface area contributed by atoms with Crippen molar-refractivity contribution in [1.82, 2.24) is 4.98 Å². The Morgan fingerprint density at radius 1 is 0.640 bits per heavy atom. The van der Waals surface area contributed by atoms with Crippen LogP contribution in [0.5, 0.6) is 5.75 Å². The maximum atomic E-state index is 5.26. The van der Waals surface area contributed by atoms with Crippen LogP contribution in [0.15, 0.2) is 91.0 Å². The molecule has 2 heteroatoms. The lowest BCUT2D eigenvalue weighted by Crippen LogP contribution is -1.83. The van der Waals surface area contributed by atoms with Crippen molar-refractivity contribution < 1.29 is 4.74 Å².